The fourth-order valence-corrected chi connectivity index (χ4v) is 7.90. The van der Waals surface area contributed by atoms with Gasteiger partial charge in [-0.1, -0.05) is 5.16 Å². The Morgan fingerprint density at radius 1 is 1.17 bits per heavy atom. The Balaban J connectivity index is 1.22. The molecule has 2 aliphatic rings. The Kier molecular flexibility index (Phi) is 9.85. The summed E-state index contributed by atoms with van der Waals surface area (Å²) in [5.74, 6) is -2.48. The van der Waals surface area contributed by atoms with E-state index in [1.54, 1.807) is 13.0 Å². The first kappa shape index (κ1) is 36.2. The molecule has 4 aromatic rings. The van der Waals surface area contributed by atoms with Crippen molar-refractivity contribution in [1.29, 1.82) is 0 Å². The van der Waals surface area contributed by atoms with Gasteiger partial charge in [0.05, 0.1) is 0 Å². The molecule has 0 saturated carbocycles. The van der Waals surface area contributed by atoms with E-state index in [1.165, 1.54) is 70.9 Å². The van der Waals surface area contributed by atoms with Crippen LogP contribution in [0.2, 0.25) is 0 Å². The molecule has 5 heterocycles. The number of β-lactam (4-membered cyclic amide) rings is 1. The highest BCUT2D eigenvalue weighted by Crippen LogP contribution is 2.42. The summed E-state index contributed by atoms with van der Waals surface area (Å²) in [6.07, 6.45) is -1.65. The van der Waals surface area contributed by atoms with Gasteiger partial charge in [0.1, 0.15) is 22.1 Å². The molecular formula is C29H28N10O10S3. The van der Waals surface area contributed by atoms with Crippen LogP contribution in [0.5, 0.6) is 11.5 Å². The molecule has 3 amide bonds. The molecule has 272 valence electrons. The molecule has 20 nitrogen and oxygen atoms in total. The highest BCUT2D eigenvalue weighted by atomic mass is 32.2. The number of fused-ring (bicyclic) bond motifs is 2. The van der Waals surface area contributed by atoms with Crippen LogP contribution in [-0.4, -0.2) is 108 Å². The number of hydrogen-bond donors (Lipinski definition) is 7. The number of carbonyl (C=O) groups is 4. The quantitative estimate of drug-likeness (QED) is 0.0167. The SMILES string of the molecule is Cc1cc(SCC2=C(OC(=O)O)N3C(=O)[C@@H](NC(=O)/C(=N\OC(C)(C)C(=O)NO)c4csc(N)n4)[C@H]3SC2)n2nc(-c3ccc(O)c(O)c3)nc2n1. The molecule has 1 fully saturated rings. The number of anilines is 1. The van der Waals surface area contributed by atoms with Crippen LogP contribution in [0.25, 0.3) is 17.2 Å². The number of nitrogen functional groups attached to an aromatic ring is 1. The molecule has 1 aromatic carbocycles. The van der Waals surface area contributed by atoms with Crippen molar-refractivity contribution in [2.24, 2.45) is 5.16 Å². The van der Waals surface area contributed by atoms with Crippen molar-refractivity contribution in [3.05, 3.63) is 52.5 Å². The third-order valence-corrected chi connectivity index (χ3v) is 10.6. The lowest BCUT2D eigenvalue weighted by Gasteiger charge is -2.49. The van der Waals surface area contributed by atoms with Gasteiger partial charge in [0.2, 0.25) is 11.5 Å². The number of amides is 3. The number of thioether (sulfide) groups is 2. The average Bonchev–Trinajstić information content (AvgIpc) is 3.73. The summed E-state index contributed by atoms with van der Waals surface area (Å²) in [6.45, 7) is 4.34. The van der Waals surface area contributed by atoms with Crippen LogP contribution in [0.15, 0.2) is 51.3 Å². The van der Waals surface area contributed by atoms with E-state index in [0.29, 0.717) is 21.9 Å². The average molecular weight is 773 g/mol. The summed E-state index contributed by atoms with van der Waals surface area (Å²) in [5.41, 5.74) is 6.57. The normalized spacial score (nSPS) is 17.4. The predicted molar refractivity (Wildman–Crippen MR) is 184 cm³/mol. The third-order valence-electron chi connectivity index (χ3n) is 7.49. The van der Waals surface area contributed by atoms with Crippen molar-refractivity contribution in [2.75, 3.05) is 17.2 Å². The smallest absolute Gasteiger partial charge is 0.504 e. The summed E-state index contributed by atoms with van der Waals surface area (Å²) in [4.78, 5) is 70.0. The van der Waals surface area contributed by atoms with Gasteiger partial charge in [-0.15, -0.1) is 40.0 Å². The summed E-state index contributed by atoms with van der Waals surface area (Å²) < 4.78 is 6.60. The molecule has 0 bridgehead atoms. The lowest BCUT2D eigenvalue weighted by Crippen LogP contribution is -2.70. The molecule has 2 atom stereocenters. The van der Waals surface area contributed by atoms with E-state index < -0.39 is 46.6 Å². The molecule has 0 spiro atoms. The first-order chi connectivity index (χ1) is 24.7. The van der Waals surface area contributed by atoms with Crippen molar-refractivity contribution in [2.45, 2.75) is 42.8 Å². The number of aryl methyl sites for hydroxylation is 1. The Bertz CT molecular complexity index is 2190. The maximum atomic E-state index is 13.5. The number of thiazole rings is 1. The third kappa shape index (κ3) is 7.10. The number of aromatic hydroxyl groups is 2. The summed E-state index contributed by atoms with van der Waals surface area (Å²) in [7, 11) is 0. The molecule has 6 rings (SSSR count). The number of carbonyl (C=O) groups excluding carboxylic acids is 3. The van der Waals surface area contributed by atoms with Gasteiger partial charge in [-0.2, -0.15) is 9.50 Å². The number of phenolic OH excluding ortho intramolecular Hbond substituents is 2. The zero-order valence-electron chi connectivity index (χ0n) is 27.1. The second kappa shape index (κ2) is 14.2. The summed E-state index contributed by atoms with van der Waals surface area (Å²) in [6, 6.07) is 4.77. The van der Waals surface area contributed by atoms with Crippen LogP contribution in [0.3, 0.4) is 0 Å². The van der Waals surface area contributed by atoms with Crippen LogP contribution in [0.4, 0.5) is 9.93 Å². The van der Waals surface area contributed by atoms with Gasteiger partial charge in [0.25, 0.3) is 23.5 Å². The Labute approximate surface area is 304 Å². The minimum Gasteiger partial charge on any atom is -0.504 e. The number of rotatable bonds is 11. The molecule has 52 heavy (non-hydrogen) atoms. The molecule has 8 N–H and O–H groups in total. The predicted octanol–water partition coefficient (Wildman–Crippen LogP) is 1.65. The zero-order valence-corrected chi connectivity index (χ0v) is 29.6. The number of oxime groups is 1. The first-order valence-corrected chi connectivity index (χ1v) is 17.8. The van der Waals surface area contributed by atoms with E-state index in [4.69, 9.17) is 20.5 Å². The number of carboxylic acid groups (broad SMARTS) is 1. The molecule has 3 aromatic heterocycles. The van der Waals surface area contributed by atoms with Crippen LogP contribution >= 0.6 is 34.9 Å². The number of nitrogens with zero attached hydrogens (tertiary/aromatic N) is 7. The number of aromatic nitrogens is 5. The van der Waals surface area contributed by atoms with Crippen LogP contribution < -0.4 is 16.5 Å². The standard InChI is InChI=1S/C29H28N10O10S3/c1-11-6-17(39-27(31-11)34-20(35-39)12-4-5-15(40)16(41)7-12)50-8-13-9-51-24-19(22(43)38(24)23(13)48-28(45)46)33-21(42)18(14-10-52-26(30)32-14)37-49-29(2,3)25(44)36-47/h4-7,10,19,24,40-41,47H,8-9H2,1-3H3,(H2,30,32)(H,33,42)(H,36,44)(H,45,46)/b37-18-/t19-,24-/m1/s1. The lowest BCUT2D eigenvalue weighted by atomic mass is 10.1. The van der Waals surface area contributed by atoms with E-state index in [1.807, 2.05) is 0 Å². The molecule has 2 aliphatic heterocycles. The van der Waals surface area contributed by atoms with Gasteiger partial charge in [-0.25, -0.2) is 20.2 Å². The second-order valence-electron chi connectivity index (χ2n) is 11.6. The number of nitrogens with one attached hydrogen (secondary N) is 2. The molecule has 0 unspecified atom stereocenters. The minimum atomic E-state index is -1.71. The Hall–Kier alpha value is -5.65. The monoisotopic (exact) mass is 772 g/mol. The van der Waals surface area contributed by atoms with Crippen molar-refractivity contribution in [3.63, 3.8) is 0 Å². The van der Waals surface area contributed by atoms with Crippen molar-refractivity contribution in [3.8, 4) is 22.9 Å². The van der Waals surface area contributed by atoms with Gasteiger partial charge in [-0.3, -0.25) is 24.5 Å². The summed E-state index contributed by atoms with van der Waals surface area (Å²) in [5, 5.41) is 50.4. The van der Waals surface area contributed by atoms with E-state index >= 15 is 0 Å². The van der Waals surface area contributed by atoms with Gasteiger partial charge < -0.3 is 35.9 Å². The number of hydrogen-bond acceptors (Lipinski definition) is 18. The van der Waals surface area contributed by atoms with Gasteiger partial charge in [0.15, 0.2) is 28.2 Å². The maximum absolute atomic E-state index is 13.5. The highest BCUT2D eigenvalue weighted by Gasteiger charge is 2.54. The van der Waals surface area contributed by atoms with Crippen LogP contribution in [0.1, 0.15) is 25.2 Å². The second-order valence-corrected chi connectivity index (χ2v) is 14.6. The van der Waals surface area contributed by atoms with Crippen molar-refractivity contribution >= 4 is 75.4 Å². The molecule has 0 radical (unpaired) electrons. The number of ether oxygens (including phenoxy) is 1. The highest BCUT2D eigenvalue weighted by molar-refractivity contribution is 8.01. The molecule has 0 aliphatic carbocycles. The number of benzene rings is 1. The molecule has 23 heteroatoms. The van der Waals surface area contributed by atoms with Gasteiger partial charge in [0, 0.05) is 33.7 Å². The van der Waals surface area contributed by atoms with E-state index in [2.05, 4.69) is 30.5 Å². The van der Waals surface area contributed by atoms with E-state index in [-0.39, 0.29) is 51.3 Å². The molecule has 1 saturated heterocycles. The van der Waals surface area contributed by atoms with Crippen LogP contribution in [0, 0.1) is 6.92 Å². The van der Waals surface area contributed by atoms with Gasteiger partial charge in [-0.05, 0) is 45.0 Å². The fourth-order valence-electron chi connectivity index (χ4n) is 4.86. The first-order valence-electron chi connectivity index (χ1n) is 14.9. The zero-order chi connectivity index (χ0) is 37.5. The van der Waals surface area contributed by atoms with Crippen LogP contribution in [-0.2, 0) is 24.0 Å². The Morgan fingerprint density at radius 2 is 1.94 bits per heavy atom. The topological polar surface area (TPSA) is 289 Å². The van der Waals surface area contributed by atoms with Gasteiger partial charge >= 0.3 is 6.16 Å². The largest absolute Gasteiger partial charge is 0.512 e. The van der Waals surface area contributed by atoms with Crippen molar-refractivity contribution < 1.29 is 49.3 Å². The summed E-state index contributed by atoms with van der Waals surface area (Å²) >= 11 is 3.52. The number of phenols is 2. The molecular weight excluding hydrogens is 745 g/mol. The fraction of sp³-hybridized carbons (Fsp3) is 0.276. The Morgan fingerprint density at radius 3 is 2.62 bits per heavy atom. The van der Waals surface area contributed by atoms with Crippen molar-refractivity contribution in [1.82, 2.24) is 40.3 Å². The number of nitrogens with two attached hydrogens (primary N) is 1. The maximum Gasteiger partial charge on any atom is 0.512 e. The minimum absolute atomic E-state index is 0.00425. The lowest BCUT2D eigenvalue weighted by molar-refractivity contribution is -0.151. The van der Waals surface area contributed by atoms with E-state index in [0.717, 1.165) is 16.2 Å². The number of hydroxylamine groups is 1. The van der Waals surface area contributed by atoms with E-state index in [9.17, 15) is 34.5 Å².